The van der Waals surface area contributed by atoms with E-state index in [1.807, 2.05) is 12.1 Å². The van der Waals surface area contributed by atoms with Gasteiger partial charge in [-0.2, -0.15) is 0 Å². The van der Waals surface area contributed by atoms with E-state index >= 15 is 0 Å². The van der Waals surface area contributed by atoms with Gasteiger partial charge in [0.05, 0.1) is 29.6 Å². The molecular weight excluding hydrogens is 408 g/mol. The molecule has 3 aromatic rings. The first kappa shape index (κ1) is 18.2. The molecule has 0 amide bonds. The van der Waals surface area contributed by atoms with Crippen LogP contribution in [0.3, 0.4) is 0 Å². The number of carbonyl (C=O) groups is 2. The van der Waals surface area contributed by atoms with Crippen molar-refractivity contribution in [2.24, 2.45) is 0 Å². The van der Waals surface area contributed by atoms with Gasteiger partial charge in [-0.3, -0.25) is 9.59 Å². The number of ether oxygens (including phenoxy) is 1. The normalized spacial score (nSPS) is 15.2. The predicted octanol–water partition coefficient (Wildman–Crippen LogP) is 3.84. The second-order valence-electron chi connectivity index (χ2n) is 6.82. The maximum Gasteiger partial charge on any atom is 0.235 e. The Morgan fingerprint density at radius 3 is 2.33 bits per heavy atom. The molecule has 0 atom stereocenters. The summed E-state index contributed by atoms with van der Waals surface area (Å²) in [6, 6.07) is 12.7. The summed E-state index contributed by atoms with van der Waals surface area (Å²) in [6.07, 6.45) is 1.48. The summed E-state index contributed by atoms with van der Waals surface area (Å²) in [4.78, 5) is 32.4. The van der Waals surface area contributed by atoms with E-state index in [1.54, 1.807) is 29.2 Å². The van der Waals surface area contributed by atoms with Crippen LogP contribution in [0.1, 0.15) is 26.3 Å². The summed E-state index contributed by atoms with van der Waals surface area (Å²) >= 11 is 5.91. The minimum atomic E-state index is -0.698. The second kappa shape index (κ2) is 6.60. The number of phenols is 2. The number of phenolic OH excluding ortho intramolecular Hbond substituents is 2. The molecule has 0 saturated heterocycles. The molecule has 30 heavy (non-hydrogen) atoms. The number of allylic oxidation sites excluding steroid dienone is 2. The summed E-state index contributed by atoms with van der Waals surface area (Å²) in [5.74, 6) is -1.96. The van der Waals surface area contributed by atoms with E-state index < -0.39 is 23.1 Å². The number of carbonyl (C=O) groups excluding carboxylic acids is 2. The number of para-hydroxylation sites is 1. The molecule has 2 aromatic carbocycles. The SMILES string of the molecule is O=C1C2=C(C(=O)c3c(O)ccc(O)c31)N(c1ccc(Cl)nc1)Cc1ccccc1O2. The molecular formula is C22H13ClN2O5. The van der Waals surface area contributed by atoms with Crippen LogP contribution in [0.2, 0.25) is 5.15 Å². The fraction of sp³-hybridized carbons (Fsp3) is 0.0455. The molecule has 1 aliphatic carbocycles. The van der Waals surface area contributed by atoms with Crippen molar-refractivity contribution in [2.75, 3.05) is 4.90 Å². The van der Waals surface area contributed by atoms with Crippen LogP contribution in [0.4, 0.5) is 5.69 Å². The summed E-state index contributed by atoms with van der Waals surface area (Å²) in [5, 5.41) is 20.8. The monoisotopic (exact) mass is 420 g/mol. The smallest absolute Gasteiger partial charge is 0.235 e. The van der Waals surface area contributed by atoms with Gasteiger partial charge in [-0.15, -0.1) is 0 Å². The van der Waals surface area contributed by atoms with E-state index in [1.165, 1.54) is 12.3 Å². The lowest BCUT2D eigenvalue weighted by atomic mass is 9.89. The molecule has 7 nitrogen and oxygen atoms in total. The average Bonchev–Trinajstić information content (AvgIpc) is 2.91. The lowest BCUT2D eigenvalue weighted by Gasteiger charge is -2.28. The average molecular weight is 421 g/mol. The molecule has 2 aliphatic rings. The van der Waals surface area contributed by atoms with Crippen LogP contribution in [-0.2, 0) is 6.54 Å². The number of fused-ring (bicyclic) bond motifs is 2. The van der Waals surface area contributed by atoms with Gasteiger partial charge in [0, 0.05) is 5.56 Å². The number of aromatic nitrogens is 1. The topological polar surface area (TPSA) is 100.0 Å². The molecule has 0 saturated carbocycles. The van der Waals surface area contributed by atoms with Crippen LogP contribution in [0.5, 0.6) is 17.2 Å². The van der Waals surface area contributed by atoms with Gasteiger partial charge in [-0.1, -0.05) is 29.8 Å². The van der Waals surface area contributed by atoms with Crippen LogP contribution >= 0.6 is 11.6 Å². The first-order chi connectivity index (χ1) is 14.5. The quantitative estimate of drug-likeness (QED) is 0.455. The number of benzene rings is 2. The minimum Gasteiger partial charge on any atom is -0.507 e. The summed E-state index contributed by atoms with van der Waals surface area (Å²) < 4.78 is 5.90. The molecule has 0 radical (unpaired) electrons. The minimum absolute atomic E-state index is 0.0475. The Balaban J connectivity index is 1.79. The Hall–Kier alpha value is -3.84. The van der Waals surface area contributed by atoms with Crippen molar-refractivity contribution in [1.29, 1.82) is 0 Å². The maximum atomic E-state index is 13.5. The molecule has 8 heteroatoms. The van der Waals surface area contributed by atoms with Gasteiger partial charge in [0.1, 0.15) is 28.1 Å². The van der Waals surface area contributed by atoms with Crippen molar-refractivity contribution in [2.45, 2.75) is 6.54 Å². The first-order valence-corrected chi connectivity index (χ1v) is 9.37. The van der Waals surface area contributed by atoms with Gasteiger partial charge < -0.3 is 19.8 Å². The highest BCUT2D eigenvalue weighted by molar-refractivity contribution is 6.30. The molecule has 0 bridgehead atoms. The number of aromatic hydroxyl groups is 2. The highest BCUT2D eigenvalue weighted by Crippen LogP contribution is 2.42. The number of hydrogen-bond acceptors (Lipinski definition) is 7. The van der Waals surface area contributed by atoms with Crippen LogP contribution in [0.25, 0.3) is 0 Å². The summed E-state index contributed by atoms with van der Waals surface area (Å²) in [6.45, 7) is 0.215. The number of ketones is 2. The van der Waals surface area contributed by atoms with Crippen LogP contribution < -0.4 is 9.64 Å². The third-order valence-corrected chi connectivity index (χ3v) is 5.28. The third-order valence-electron chi connectivity index (χ3n) is 5.06. The van der Waals surface area contributed by atoms with Crippen LogP contribution in [-0.4, -0.2) is 26.8 Å². The summed E-state index contributed by atoms with van der Waals surface area (Å²) in [5.41, 5.74) is 0.651. The predicted molar refractivity (Wildman–Crippen MR) is 108 cm³/mol. The number of pyridine rings is 1. The Bertz CT molecular complexity index is 1270. The van der Waals surface area contributed by atoms with Gasteiger partial charge in [0.2, 0.25) is 17.3 Å². The van der Waals surface area contributed by atoms with Crippen molar-refractivity contribution < 1.29 is 24.5 Å². The van der Waals surface area contributed by atoms with Crippen LogP contribution in [0.15, 0.2) is 66.2 Å². The highest BCUT2D eigenvalue weighted by atomic mass is 35.5. The zero-order chi connectivity index (χ0) is 21.0. The molecule has 2 N–H and O–H groups in total. The number of rotatable bonds is 1. The van der Waals surface area contributed by atoms with E-state index in [0.29, 0.717) is 11.4 Å². The lowest BCUT2D eigenvalue weighted by Crippen LogP contribution is -2.34. The molecule has 0 fully saturated rings. The van der Waals surface area contributed by atoms with Gasteiger partial charge in [-0.25, -0.2) is 4.98 Å². The Labute approximate surface area is 175 Å². The number of halogens is 1. The van der Waals surface area contributed by atoms with E-state index in [2.05, 4.69) is 4.98 Å². The number of anilines is 1. The standard InChI is InChI=1S/C22H13ClN2O5/c23-16-8-5-12(9-24-16)25-10-11-3-1-2-4-15(11)30-22-19(25)20(28)17-13(26)6-7-14(27)18(17)21(22)29/h1-9,26-27H,10H2. The van der Waals surface area contributed by atoms with E-state index in [4.69, 9.17) is 16.3 Å². The number of nitrogens with zero attached hydrogens (tertiary/aromatic N) is 2. The van der Waals surface area contributed by atoms with Gasteiger partial charge in [0.15, 0.2) is 0 Å². The third kappa shape index (κ3) is 2.63. The van der Waals surface area contributed by atoms with Crippen molar-refractivity contribution >= 4 is 28.9 Å². The van der Waals surface area contributed by atoms with E-state index in [9.17, 15) is 19.8 Å². The fourth-order valence-electron chi connectivity index (χ4n) is 3.66. The molecule has 5 rings (SSSR count). The van der Waals surface area contributed by atoms with Crippen molar-refractivity contribution in [3.63, 3.8) is 0 Å². The van der Waals surface area contributed by atoms with Crippen molar-refractivity contribution in [1.82, 2.24) is 4.98 Å². The fourth-order valence-corrected chi connectivity index (χ4v) is 3.78. The second-order valence-corrected chi connectivity index (χ2v) is 7.21. The van der Waals surface area contributed by atoms with E-state index in [0.717, 1.165) is 11.6 Å². The molecule has 0 unspecified atom stereocenters. The molecule has 2 heterocycles. The molecule has 148 valence electrons. The highest BCUT2D eigenvalue weighted by Gasteiger charge is 2.42. The number of hydrogen-bond donors (Lipinski definition) is 2. The van der Waals surface area contributed by atoms with E-state index in [-0.39, 0.29) is 34.3 Å². The van der Waals surface area contributed by atoms with Crippen molar-refractivity contribution in [3.8, 4) is 17.2 Å². The Morgan fingerprint density at radius 2 is 1.63 bits per heavy atom. The molecule has 1 aromatic heterocycles. The zero-order valence-electron chi connectivity index (χ0n) is 15.3. The van der Waals surface area contributed by atoms with Gasteiger partial charge in [0.25, 0.3) is 0 Å². The summed E-state index contributed by atoms with van der Waals surface area (Å²) in [7, 11) is 0. The van der Waals surface area contributed by atoms with Crippen LogP contribution in [0, 0.1) is 0 Å². The Kier molecular flexibility index (Phi) is 4.01. The van der Waals surface area contributed by atoms with Gasteiger partial charge >= 0.3 is 0 Å². The first-order valence-electron chi connectivity index (χ1n) is 8.99. The largest absolute Gasteiger partial charge is 0.507 e. The zero-order valence-corrected chi connectivity index (χ0v) is 16.1. The molecule has 1 aliphatic heterocycles. The maximum absolute atomic E-state index is 13.5. The lowest BCUT2D eigenvalue weighted by molar-refractivity contribution is 0.0931. The molecule has 0 spiro atoms. The van der Waals surface area contributed by atoms with Gasteiger partial charge in [-0.05, 0) is 30.3 Å². The van der Waals surface area contributed by atoms with Crippen molar-refractivity contribution in [3.05, 3.63) is 88.0 Å². The number of Topliss-reactive ketones (excluding diaryl/α,β-unsaturated/α-hetero) is 2. The Morgan fingerprint density at radius 1 is 0.933 bits per heavy atom.